The summed E-state index contributed by atoms with van der Waals surface area (Å²) in [5.74, 6) is -0.0871. The van der Waals surface area contributed by atoms with Crippen molar-refractivity contribution in [2.24, 2.45) is 0 Å². The van der Waals surface area contributed by atoms with Crippen molar-refractivity contribution < 1.29 is 13.2 Å². The third-order valence-corrected chi connectivity index (χ3v) is 3.09. The van der Waals surface area contributed by atoms with E-state index in [0.717, 1.165) is 24.6 Å². The SMILES string of the molecule is C=C(C)/C=C/Nc1ncc(C(F)(F)F)c(NC2(C)CC2)n1. The predicted octanol–water partition coefficient (Wildman–Crippen LogP) is 3.96. The van der Waals surface area contributed by atoms with Gasteiger partial charge in [0.1, 0.15) is 11.4 Å². The Morgan fingerprint density at radius 3 is 2.62 bits per heavy atom. The molecule has 1 aromatic rings. The second-order valence-corrected chi connectivity index (χ2v) is 5.46. The molecular formula is C14H17F3N4. The van der Waals surface area contributed by atoms with Gasteiger partial charge in [-0.1, -0.05) is 12.2 Å². The van der Waals surface area contributed by atoms with Gasteiger partial charge >= 0.3 is 6.18 Å². The number of nitrogens with one attached hydrogen (secondary N) is 2. The van der Waals surface area contributed by atoms with Gasteiger partial charge in [0.05, 0.1) is 0 Å². The molecule has 1 saturated carbocycles. The molecule has 1 aliphatic rings. The number of aromatic nitrogens is 2. The molecular weight excluding hydrogens is 281 g/mol. The summed E-state index contributed by atoms with van der Waals surface area (Å²) in [4.78, 5) is 7.62. The van der Waals surface area contributed by atoms with E-state index in [1.54, 1.807) is 13.0 Å². The summed E-state index contributed by atoms with van der Waals surface area (Å²) in [6.07, 6.45) is 1.17. The number of rotatable bonds is 5. The zero-order valence-electron chi connectivity index (χ0n) is 11.9. The third kappa shape index (κ3) is 4.21. The molecule has 0 bridgehead atoms. The number of anilines is 2. The average Bonchev–Trinajstić information content (AvgIpc) is 3.05. The predicted molar refractivity (Wildman–Crippen MR) is 75.9 cm³/mol. The first-order valence-electron chi connectivity index (χ1n) is 6.51. The lowest BCUT2D eigenvalue weighted by molar-refractivity contribution is -0.137. The first kappa shape index (κ1) is 15.3. The molecule has 7 heteroatoms. The van der Waals surface area contributed by atoms with Crippen molar-refractivity contribution in [2.75, 3.05) is 10.6 Å². The van der Waals surface area contributed by atoms with Crippen LogP contribution in [0.1, 0.15) is 32.3 Å². The van der Waals surface area contributed by atoms with Crippen LogP contribution in [0.25, 0.3) is 0 Å². The molecule has 0 atom stereocenters. The highest BCUT2D eigenvalue weighted by atomic mass is 19.4. The van der Waals surface area contributed by atoms with E-state index in [2.05, 4.69) is 27.2 Å². The topological polar surface area (TPSA) is 49.8 Å². The van der Waals surface area contributed by atoms with Gasteiger partial charge in [0.2, 0.25) is 5.95 Å². The Kier molecular flexibility index (Phi) is 3.93. The lowest BCUT2D eigenvalue weighted by Gasteiger charge is -2.17. The molecule has 1 heterocycles. The molecule has 1 aliphatic carbocycles. The van der Waals surface area contributed by atoms with E-state index in [1.165, 1.54) is 6.20 Å². The Morgan fingerprint density at radius 2 is 2.10 bits per heavy atom. The monoisotopic (exact) mass is 298 g/mol. The van der Waals surface area contributed by atoms with Crippen LogP contribution in [0.3, 0.4) is 0 Å². The van der Waals surface area contributed by atoms with Crippen molar-refractivity contribution in [1.29, 1.82) is 0 Å². The molecule has 0 amide bonds. The average molecular weight is 298 g/mol. The molecule has 2 N–H and O–H groups in total. The summed E-state index contributed by atoms with van der Waals surface area (Å²) < 4.78 is 38.9. The molecule has 1 fully saturated rings. The van der Waals surface area contributed by atoms with Crippen LogP contribution in [0, 0.1) is 0 Å². The molecule has 0 aromatic carbocycles. The summed E-state index contributed by atoms with van der Waals surface area (Å²) in [6, 6.07) is 0. The van der Waals surface area contributed by atoms with E-state index in [1.807, 2.05) is 6.92 Å². The van der Waals surface area contributed by atoms with Crippen LogP contribution in [-0.4, -0.2) is 15.5 Å². The second-order valence-electron chi connectivity index (χ2n) is 5.46. The van der Waals surface area contributed by atoms with Crippen LogP contribution in [-0.2, 0) is 6.18 Å². The molecule has 2 rings (SSSR count). The van der Waals surface area contributed by atoms with Crippen LogP contribution in [0.4, 0.5) is 24.9 Å². The van der Waals surface area contributed by atoms with Crippen molar-refractivity contribution in [1.82, 2.24) is 9.97 Å². The largest absolute Gasteiger partial charge is 0.421 e. The third-order valence-electron chi connectivity index (χ3n) is 3.09. The first-order chi connectivity index (χ1) is 9.70. The highest BCUT2D eigenvalue weighted by Crippen LogP contribution is 2.41. The number of alkyl halides is 3. The van der Waals surface area contributed by atoms with E-state index in [9.17, 15) is 13.2 Å². The maximum absolute atomic E-state index is 13.0. The summed E-state index contributed by atoms with van der Waals surface area (Å²) in [7, 11) is 0. The van der Waals surface area contributed by atoms with E-state index >= 15 is 0 Å². The van der Waals surface area contributed by atoms with Gasteiger partial charge in [0.25, 0.3) is 0 Å². The van der Waals surface area contributed by atoms with Crippen LogP contribution in [0.15, 0.2) is 30.6 Å². The summed E-state index contributed by atoms with van der Waals surface area (Å²) >= 11 is 0. The van der Waals surface area contributed by atoms with Crippen molar-refractivity contribution in [2.45, 2.75) is 38.4 Å². The molecule has 4 nitrogen and oxygen atoms in total. The number of nitrogens with zero attached hydrogens (tertiary/aromatic N) is 2. The van der Waals surface area contributed by atoms with Gasteiger partial charge in [-0.25, -0.2) is 4.98 Å². The molecule has 0 unspecified atom stereocenters. The van der Waals surface area contributed by atoms with Gasteiger partial charge in [-0.15, -0.1) is 0 Å². The van der Waals surface area contributed by atoms with Crippen molar-refractivity contribution >= 4 is 11.8 Å². The van der Waals surface area contributed by atoms with Gasteiger partial charge in [0, 0.05) is 17.9 Å². The molecule has 114 valence electrons. The number of hydrogen-bond donors (Lipinski definition) is 2. The van der Waals surface area contributed by atoms with Gasteiger partial charge in [-0.05, 0) is 32.8 Å². The minimum Gasteiger partial charge on any atom is -0.364 e. The van der Waals surface area contributed by atoms with E-state index in [-0.39, 0.29) is 17.3 Å². The van der Waals surface area contributed by atoms with Gasteiger partial charge in [0.15, 0.2) is 0 Å². The Labute approximate surface area is 121 Å². The maximum Gasteiger partial charge on any atom is 0.421 e. The van der Waals surface area contributed by atoms with Gasteiger partial charge < -0.3 is 10.6 Å². The van der Waals surface area contributed by atoms with Crippen molar-refractivity contribution in [3.63, 3.8) is 0 Å². The quantitative estimate of drug-likeness (QED) is 0.808. The summed E-state index contributed by atoms with van der Waals surface area (Å²) in [5.41, 5.74) is -0.359. The van der Waals surface area contributed by atoms with Crippen molar-refractivity contribution in [3.05, 3.63) is 36.2 Å². The molecule has 0 aliphatic heterocycles. The molecule has 0 radical (unpaired) electrons. The molecule has 21 heavy (non-hydrogen) atoms. The molecule has 0 spiro atoms. The fourth-order valence-electron chi connectivity index (χ4n) is 1.61. The van der Waals surface area contributed by atoms with Gasteiger partial charge in [-0.3, -0.25) is 0 Å². The standard InChI is InChI=1S/C14H17F3N4/c1-9(2)4-7-18-12-19-8-10(14(15,16)17)11(20-12)21-13(3)5-6-13/h4,7-8H,1,5-6H2,2-3H3,(H2,18,19,20,21)/b7-4+. The fourth-order valence-corrected chi connectivity index (χ4v) is 1.61. The van der Waals surface area contributed by atoms with Crippen LogP contribution in [0.5, 0.6) is 0 Å². The summed E-state index contributed by atoms with van der Waals surface area (Å²) in [5, 5.41) is 5.58. The van der Waals surface area contributed by atoms with Crippen LogP contribution in [0.2, 0.25) is 0 Å². The Balaban J connectivity index is 2.25. The van der Waals surface area contributed by atoms with Crippen molar-refractivity contribution in [3.8, 4) is 0 Å². The number of halogens is 3. The van der Waals surface area contributed by atoms with E-state index in [4.69, 9.17) is 0 Å². The Hall–Kier alpha value is -2.05. The number of allylic oxidation sites excluding steroid dienone is 2. The van der Waals surface area contributed by atoms with E-state index in [0.29, 0.717) is 0 Å². The Morgan fingerprint density at radius 1 is 1.43 bits per heavy atom. The minimum atomic E-state index is -4.49. The zero-order valence-corrected chi connectivity index (χ0v) is 11.9. The van der Waals surface area contributed by atoms with Crippen LogP contribution >= 0.6 is 0 Å². The lowest BCUT2D eigenvalue weighted by atomic mass is 10.2. The summed E-state index contributed by atoms with van der Waals surface area (Å²) in [6.45, 7) is 7.34. The molecule has 1 aromatic heterocycles. The van der Waals surface area contributed by atoms with Gasteiger partial charge in [-0.2, -0.15) is 18.2 Å². The van der Waals surface area contributed by atoms with E-state index < -0.39 is 11.7 Å². The van der Waals surface area contributed by atoms with Crippen LogP contribution < -0.4 is 10.6 Å². The minimum absolute atomic E-state index is 0.104. The number of hydrogen-bond acceptors (Lipinski definition) is 4. The first-order valence-corrected chi connectivity index (χ1v) is 6.51. The lowest BCUT2D eigenvalue weighted by Crippen LogP contribution is -2.21. The highest BCUT2D eigenvalue weighted by molar-refractivity contribution is 5.52. The highest BCUT2D eigenvalue weighted by Gasteiger charge is 2.41. The fraction of sp³-hybridized carbons (Fsp3) is 0.429. The second kappa shape index (κ2) is 5.38. The smallest absolute Gasteiger partial charge is 0.364 e. The maximum atomic E-state index is 13.0. The zero-order chi connectivity index (χ0) is 15.7. The molecule has 0 saturated heterocycles. The Bertz CT molecular complexity index is 574. The normalized spacial score (nSPS) is 16.8.